The highest BCUT2D eigenvalue weighted by Gasteiger charge is 2.27. The van der Waals surface area contributed by atoms with Crippen LogP contribution < -0.4 is 0 Å². The molecule has 1 nitrogen and oxygen atoms in total. The number of alkyl halides is 1. The number of hydrogen-bond donors (Lipinski definition) is 0. The molecule has 15 heavy (non-hydrogen) atoms. The molecule has 3 unspecified atom stereocenters. The second-order valence-corrected chi connectivity index (χ2v) is 5.94. The van der Waals surface area contributed by atoms with Crippen molar-refractivity contribution in [2.45, 2.75) is 57.2 Å². The van der Waals surface area contributed by atoms with Crippen LogP contribution in [0.5, 0.6) is 0 Å². The molecule has 0 aromatic heterocycles. The van der Waals surface area contributed by atoms with Gasteiger partial charge in [-0.15, -0.1) is 0 Å². The third-order valence-electron chi connectivity index (χ3n) is 3.56. The van der Waals surface area contributed by atoms with Crippen molar-refractivity contribution in [2.75, 3.05) is 13.2 Å². The largest absolute Gasteiger partial charge is 0.381 e. The third kappa shape index (κ3) is 4.86. The van der Waals surface area contributed by atoms with Gasteiger partial charge in [-0.2, -0.15) is 0 Å². The lowest BCUT2D eigenvalue weighted by Crippen LogP contribution is -2.26. The zero-order valence-electron chi connectivity index (χ0n) is 10.2. The quantitative estimate of drug-likeness (QED) is 0.516. The molecule has 0 heterocycles. The molecule has 0 saturated heterocycles. The third-order valence-corrected chi connectivity index (χ3v) is 4.76. The van der Waals surface area contributed by atoms with Crippen molar-refractivity contribution in [3.05, 3.63) is 0 Å². The van der Waals surface area contributed by atoms with Gasteiger partial charge in [0.25, 0.3) is 0 Å². The highest BCUT2D eigenvalue weighted by molar-refractivity contribution is 9.09. The molecular formula is C13H25BrO. The Balaban J connectivity index is 2.19. The molecule has 1 aliphatic rings. The van der Waals surface area contributed by atoms with Gasteiger partial charge in [-0.05, 0) is 43.9 Å². The van der Waals surface area contributed by atoms with E-state index in [-0.39, 0.29) is 0 Å². The van der Waals surface area contributed by atoms with E-state index >= 15 is 0 Å². The SMILES string of the molecule is CCCOCCC1CC(CC)CCC1Br. The van der Waals surface area contributed by atoms with Crippen LogP contribution in [-0.2, 0) is 4.74 Å². The topological polar surface area (TPSA) is 9.23 Å². The minimum atomic E-state index is 0.741. The fraction of sp³-hybridized carbons (Fsp3) is 1.00. The Morgan fingerprint density at radius 3 is 2.67 bits per heavy atom. The summed E-state index contributed by atoms with van der Waals surface area (Å²) in [6, 6.07) is 0. The Kier molecular flexibility index (Phi) is 6.91. The molecule has 1 saturated carbocycles. The molecule has 90 valence electrons. The van der Waals surface area contributed by atoms with Crippen LogP contribution in [0.4, 0.5) is 0 Å². The zero-order chi connectivity index (χ0) is 11.1. The average Bonchev–Trinajstić information content (AvgIpc) is 2.26. The van der Waals surface area contributed by atoms with Crippen molar-refractivity contribution in [1.82, 2.24) is 0 Å². The van der Waals surface area contributed by atoms with Gasteiger partial charge >= 0.3 is 0 Å². The predicted octanol–water partition coefficient (Wildman–Crippen LogP) is 4.39. The van der Waals surface area contributed by atoms with E-state index in [1.54, 1.807) is 0 Å². The van der Waals surface area contributed by atoms with E-state index in [0.717, 1.165) is 36.3 Å². The average molecular weight is 277 g/mol. The Morgan fingerprint density at radius 1 is 1.20 bits per heavy atom. The molecule has 0 aliphatic heterocycles. The first-order chi connectivity index (χ1) is 7.27. The molecule has 2 heteroatoms. The molecule has 1 fully saturated rings. The Labute approximate surface area is 103 Å². The lowest BCUT2D eigenvalue weighted by atomic mass is 9.79. The summed E-state index contributed by atoms with van der Waals surface area (Å²) in [4.78, 5) is 0.741. The fourth-order valence-electron chi connectivity index (χ4n) is 2.47. The second kappa shape index (κ2) is 7.67. The van der Waals surface area contributed by atoms with Crippen molar-refractivity contribution in [3.63, 3.8) is 0 Å². The van der Waals surface area contributed by atoms with Gasteiger partial charge in [-0.3, -0.25) is 0 Å². The first kappa shape index (κ1) is 13.5. The number of rotatable bonds is 6. The Bertz CT molecular complexity index is 161. The van der Waals surface area contributed by atoms with E-state index in [4.69, 9.17) is 4.74 Å². The monoisotopic (exact) mass is 276 g/mol. The molecule has 0 N–H and O–H groups in total. The molecule has 1 aliphatic carbocycles. The number of halogens is 1. The second-order valence-electron chi connectivity index (χ2n) is 4.76. The van der Waals surface area contributed by atoms with E-state index in [1.165, 1.54) is 32.1 Å². The van der Waals surface area contributed by atoms with Gasteiger partial charge in [0.2, 0.25) is 0 Å². The molecule has 0 radical (unpaired) electrons. The normalized spacial score (nSPS) is 31.8. The zero-order valence-corrected chi connectivity index (χ0v) is 11.8. The van der Waals surface area contributed by atoms with Crippen LogP contribution in [0, 0.1) is 11.8 Å². The maximum absolute atomic E-state index is 5.58. The predicted molar refractivity (Wildman–Crippen MR) is 69.6 cm³/mol. The summed E-state index contributed by atoms with van der Waals surface area (Å²) in [5.74, 6) is 1.82. The fourth-order valence-corrected chi connectivity index (χ4v) is 3.22. The van der Waals surface area contributed by atoms with Crippen LogP contribution in [-0.4, -0.2) is 18.0 Å². The molecule has 0 amide bonds. The van der Waals surface area contributed by atoms with Crippen molar-refractivity contribution in [2.24, 2.45) is 11.8 Å². The van der Waals surface area contributed by atoms with Gasteiger partial charge in [0.1, 0.15) is 0 Å². The first-order valence-corrected chi connectivity index (χ1v) is 7.41. The van der Waals surface area contributed by atoms with Crippen LogP contribution in [0.25, 0.3) is 0 Å². The Morgan fingerprint density at radius 2 is 2.00 bits per heavy atom. The highest BCUT2D eigenvalue weighted by Crippen LogP contribution is 2.36. The van der Waals surface area contributed by atoms with Gasteiger partial charge in [-0.25, -0.2) is 0 Å². The van der Waals surface area contributed by atoms with Crippen LogP contribution in [0.15, 0.2) is 0 Å². The van der Waals surface area contributed by atoms with Crippen molar-refractivity contribution < 1.29 is 4.74 Å². The summed E-state index contributed by atoms with van der Waals surface area (Å²) in [7, 11) is 0. The van der Waals surface area contributed by atoms with Crippen molar-refractivity contribution in [3.8, 4) is 0 Å². The van der Waals surface area contributed by atoms with E-state index < -0.39 is 0 Å². The van der Waals surface area contributed by atoms with Crippen LogP contribution in [0.1, 0.15) is 52.4 Å². The summed E-state index contributed by atoms with van der Waals surface area (Å²) in [5, 5.41) is 0. The maximum Gasteiger partial charge on any atom is 0.0469 e. The summed E-state index contributed by atoms with van der Waals surface area (Å²) >= 11 is 3.83. The number of ether oxygens (including phenoxy) is 1. The van der Waals surface area contributed by atoms with Crippen molar-refractivity contribution >= 4 is 15.9 Å². The van der Waals surface area contributed by atoms with Gasteiger partial charge in [0.05, 0.1) is 0 Å². The smallest absolute Gasteiger partial charge is 0.0469 e. The molecule has 0 spiro atoms. The molecule has 0 bridgehead atoms. The van der Waals surface area contributed by atoms with E-state index in [1.807, 2.05) is 0 Å². The summed E-state index contributed by atoms with van der Waals surface area (Å²) in [6.45, 7) is 6.37. The Hall–Kier alpha value is 0.440. The summed E-state index contributed by atoms with van der Waals surface area (Å²) in [6.07, 6.45) is 7.91. The van der Waals surface area contributed by atoms with Crippen LogP contribution in [0.2, 0.25) is 0 Å². The maximum atomic E-state index is 5.58. The van der Waals surface area contributed by atoms with Crippen LogP contribution >= 0.6 is 15.9 Å². The van der Waals surface area contributed by atoms with Crippen molar-refractivity contribution in [1.29, 1.82) is 0 Å². The van der Waals surface area contributed by atoms with Gasteiger partial charge < -0.3 is 4.74 Å². The summed E-state index contributed by atoms with van der Waals surface area (Å²) < 4.78 is 5.58. The highest BCUT2D eigenvalue weighted by atomic mass is 79.9. The van der Waals surface area contributed by atoms with E-state index in [9.17, 15) is 0 Å². The molecule has 0 aromatic rings. The standard InChI is InChI=1S/C13H25BrO/c1-3-8-15-9-7-12-10-11(4-2)5-6-13(12)14/h11-13H,3-10H2,1-2H3. The van der Waals surface area contributed by atoms with E-state index in [2.05, 4.69) is 29.8 Å². The minimum absolute atomic E-state index is 0.741. The lowest BCUT2D eigenvalue weighted by Gasteiger charge is -2.32. The molecule has 1 rings (SSSR count). The molecular weight excluding hydrogens is 252 g/mol. The summed E-state index contributed by atoms with van der Waals surface area (Å²) in [5.41, 5.74) is 0. The molecule has 3 atom stereocenters. The van der Waals surface area contributed by atoms with E-state index in [0.29, 0.717) is 0 Å². The van der Waals surface area contributed by atoms with Gasteiger partial charge in [0.15, 0.2) is 0 Å². The van der Waals surface area contributed by atoms with Gasteiger partial charge in [0, 0.05) is 18.0 Å². The molecule has 0 aromatic carbocycles. The lowest BCUT2D eigenvalue weighted by molar-refractivity contribution is 0.110. The minimum Gasteiger partial charge on any atom is -0.381 e. The van der Waals surface area contributed by atoms with Crippen LogP contribution in [0.3, 0.4) is 0 Å². The van der Waals surface area contributed by atoms with Gasteiger partial charge in [-0.1, -0.05) is 36.2 Å². The number of hydrogen-bond acceptors (Lipinski definition) is 1. The first-order valence-electron chi connectivity index (χ1n) is 6.49.